The number of aromatic carboxylic acids is 1. The number of nitrogens with zero attached hydrogens (tertiary/aromatic N) is 4. The highest BCUT2D eigenvalue weighted by atomic mass is 16.4. The normalized spacial score (nSPS) is 13.2. The summed E-state index contributed by atoms with van der Waals surface area (Å²) >= 11 is 0. The van der Waals surface area contributed by atoms with Crippen molar-refractivity contribution in [3.63, 3.8) is 0 Å². The second kappa shape index (κ2) is 14.4. The molecule has 3 heterocycles. The van der Waals surface area contributed by atoms with Crippen LogP contribution in [0, 0.1) is 0 Å². The average Bonchev–Trinajstić information content (AvgIpc) is 3.17. The van der Waals surface area contributed by atoms with Crippen LogP contribution >= 0.6 is 0 Å². The molecule has 0 saturated carbocycles. The molecule has 0 radical (unpaired) electrons. The van der Waals surface area contributed by atoms with Gasteiger partial charge in [0.15, 0.2) is 13.1 Å². The van der Waals surface area contributed by atoms with Crippen LogP contribution in [0.25, 0.3) is 44.4 Å². The van der Waals surface area contributed by atoms with Crippen molar-refractivity contribution in [2.75, 3.05) is 62.2 Å². The summed E-state index contributed by atoms with van der Waals surface area (Å²) in [7, 11) is 0. The van der Waals surface area contributed by atoms with E-state index in [2.05, 4.69) is 42.1 Å². The monoisotopic (exact) mass is 698 g/mol. The lowest BCUT2D eigenvalue weighted by Crippen LogP contribution is -2.50. The van der Waals surface area contributed by atoms with Crippen molar-refractivity contribution in [3.8, 4) is 22.5 Å². The molecule has 10 nitrogen and oxygen atoms in total. The van der Waals surface area contributed by atoms with Crippen LogP contribution in [0.2, 0.25) is 0 Å². The number of rotatable bonds is 9. The molecule has 1 fully saturated rings. The maximum absolute atomic E-state index is 13.6. The van der Waals surface area contributed by atoms with Gasteiger partial charge in [-0.3, -0.25) is 4.79 Å². The van der Waals surface area contributed by atoms with Crippen molar-refractivity contribution in [1.29, 1.82) is 0 Å². The summed E-state index contributed by atoms with van der Waals surface area (Å²) in [4.78, 5) is 45.0. The Morgan fingerprint density at radius 1 is 0.731 bits per heavy atom. The zero-order chi connectivity index (χ0) is 36.5. The lowest BCUT2D eigenvalue weighted by molar-refractivity contribution is -0.254. The maximum Gasteiger partial charge on any atom is 0.349 e. The van der Waals surface area contributed by atoms with Crippen molar-refractivity contribution in [2.24, 2.45) is 0 Å². The summed E-state index contributed by atoms with van der Waals surface area (Å²) in [5.41, 5.74) is 4.69. The molecule has 52 heavy (non-hydrogen) atoms. The second-order valence-electron chi connectivity index (χ2n) is 13.0. The average molecular weight is 699 g/mol. The van der Waals surface area contributed by atoms with Gasteiger partial charge in [-0.05, 0) is 69.7 Å². The first kappa shape index (κ1) is 34.5. The van der Waals surface area contributed by atoms with Gasteiger partial charge in [0, 0.05) is 83.2 Å². The van der Waals surface area contributed by atoms with Gasteiger partial charge in [-0.15, -0.1) is 0 Å². The third-order valence-electron chi connectivity index (χ3n) is 10.2. The lowest BCUT2D eigenvalue weighted by atomic mass is 9.90. The number of benzene rings is 4. The fourth-order valence-corrected chi connectivity index (χ4v) is 7.39. The molecule has 10 heteroatoms. The van der Waals surface area contributed by atoms with E-state index in [-0.39, 0.29) is 17.0 Å². The number of anilines is 2. The molecular formula is C42H42N4O6. The molecule has 3 aliphatic rings. The fraction of sp³-hybridized carbons (Fsp3) is 0.286. The molecule has 266 valence electrons. The molecular weight excluding hydrogens is 656 g/mol. The summed E-state index contributed by atoms with van der Waals surface area (Å²) in [6.45, 7) is 13.6. The quantitative estimate of drug-likeness (QED) is 0.114. The van der Waals surface area contributed by atoms with Gasteiger partial charge in [0.2, 0.25) is 5.36 Å². The van der Waals surface area contributed by atoms with Crippen LogP contribution < -0.4 is 30.5 Å². The molecule has 2 aliphatic heterocycles. The molecule has 1 saturated heterocycles. The number of fused-ring (bicyclic) bond motifs is 3. The van der Waals surface area contributed by atoms with Crippen LogP contribution in [-0.4, -0.2) is 69.1 Å². The molecule has 1 amide bonds. The van der Waals surface area contributed by atoms with E-state index in [1.807, 2.05) is 66.7 Å². The fourth-order valence-electron chi connectivity index (χ4n) is 7.39. The zero-order valence-corrected chi connectivity index (χ0v) is 30.0. The Morgan fingerprint density at radius 3 is 2.06 bits per heavy atom. The van der Waals surface area contributed by atoms with Crippen LogP contribution in [0.1, 0.15) is 48.4 Å². The Hall–Kier alpha value is -5.90. The molecule has 3 aromatic carbocycles. The van der Waals surface area contributed by atoms with Gasteiger partial charge in [0.25, 0.3) is 5.91 Å². The Balaban J connectivity index is 1.23. The van der Waals surface area contributed by atoms with E-state index in [1.165, 1.54) is 0 Å². The van der Waals surface area contributed by atoms with E-state index in [1.54, 1.807) is 23.1 Å². The molecule has 7 rings (SSSR count). The third kappa shape index (κ3) is 6.29. The molecule has 1 aromatic heterocycles. The predicted molar refractivity (Wildman–Crippen MR) is 203 cm³/mol. The highest BCUT2D eigenvalue weighted by molar-refractivity contribution is 6.07. The number of carboxylic acid groups (broad SMARTS) is 1. The summed E-state index contributed by atoms with van der Waals surface area (Å²) in [6, 6.07) is 26.3. The molecule has 0 bridgehead atoms. The van der Waals surface area contributed by atoms with E-state index in [0.717, 1.165) is 59.4 Å². The molecule has 0 atom stereocenters. The number of carbonyl (C=O) groups is 2. The molecule has 4 aromatic rings. The smallest absolute Gasteiger partial charge is 0.349 e. The maximum atomic E-state index is 13.6. The number of carboxylic acids is 1. The Labute approximate surface area is 301 Å². The highest BCUT2D eigenvalue weighted by Crippen LogP contribution is 2.42. The summed E-state index contributed by atoms with van der Waals surface area (Å²) in [5.74, 6) is -0.975. The largest absolute Gasteiger partial charge is 0.545 e. The first-order chi connectivity index (χ1) is 25.2. The number of carbonyl (C=O) groups excluding carboxylic acids is 2. The van der Waals surface area contributed by atoms with E-state index >= 15 is 0 Å². The van der Waals surface area contributed by atoms with Gasteiger partial charge in [0.1, 0.15) is 22.5 Å². The van der Waals surface area contributed by atoms with Crippen molar-refractivity contribution in [2.45, 2.75) is 27.7 Å². The van der Waals surface area contributed by atoms with E-state index in [9.17, 15) is 19.5 Å². The Kier molecular flexibility index (Phi) is 9.55. The van der Waals surface area contributed by atoms with Crippen LogP contribution in [0.3, 0.4) is 0 Å². The van der Waals surface area contributed by atoms with Gasteiger partial charge < -0.3 is 33.4 Å². The van der Waals surface area contributed by atoms with Crippen LogP contribution in [0.4, 0.5) is 11.4 Å². The first-order valence-electron chi connectivity index (χ1n) is 18.0. The SMILES string of the molecule is CCN(CC)c1ccc2cc(C(=O)N3CC[N+](=c4ccc5c(-c6ccccc6C(=O)[O-])c6ccc(N(CC)CC)cc6oc-5c4)CC3)c(=O)oc2c1. The summed E-state index contributed by atoms with van der Waals surface area (Å²) in [5, 5.41) is 14.7. The second-order valence-corrected chi connectivity index (χ2v) is 13.0. The van der Waals surface area contributed by atoms with Gasteiger partial charge in [-0.2, -0.15) is 0 Å². The Bertz CT molecular complexity index is 2410. The van der Waals surface area contributed by atoms with Crippen molar-refractivity contribution in [3.05, 3.63) is 112 Å². The lowest BCUT2D eigenvalue weighted by Gasteiger charge is -2.25. The minimum absolute atomic E-state index is 0.0291. The van der Waals surface area contributed by atoms with Crippen LogP contribution in [0.15, 0.2) is 98.6 Å². The number of hydrogen-bond donors (Lipinski definition) is 0. The molecule has 0 N–H and O–H groups in total. The van der Waals surface area contributed by atoms with Gasteiger partial charge >= 0.3 is 5.63 Å². The first-order valence-corrected chi connectivity index (χ1v) is 18.0. The summed E-state index contributed by atoms with van der Waals surface area (Å²) in [6.07, 6.45) is 0. The van der Waals surface area contributed by atoms with E-state index in [4.69, 9.17) is 8.83 Å². The van der Waals surface area contributed by atoms with Gasteiger partial charge in [0.05, 0.1) is 25.1 Å². The predicted octanol–water partition coefficient (Wildman–Crippen LogP) is 5.30. The number of hydrogen-bond acceptors (Lipinski definition) is 8. The summed E-state index contributed by atoms with van der Waals surface area (Å²) < 4.78 is 14.4. The van der Waals surface area contributed by atoms with E-state index in [0.29, 0.717) is 54.1 Å². The minimum Gasteiger partial charge on any atom is -0.545 e. The van der Waals surface area contributed by atoms with Gasteiger partial charge in [-0.1, -0.05) is 24.3 Å². The topological polar surface area (TPSA) is 113 Å². The van der Waals surface area contributed by atoms with Crippen molar-refractivity contribution in [1.82, 2.24) is 9.48 Å². The minimum atomic E-state index is -1.24. The van der Waals surface area contributed by atoms with Crippen LogP contribution in [0.5, 0.6) is 0 Å². The van der Waals surface area contributed by atoms with Crippen molar-refractivity contribution < 1.29 is 23.5 Å². The molecule has 1 aliphatic carbocycles. The molecule has 0 spiro atoms. The standard InChI is InChI=1S/C42H42N4O6/c1-5-43(6-2)28-14-13-27-23-35(42(50)52-36(27)24-28)40(47)46-21-19-45(20-22-46)30-16-18-34-38(26-30)51-37-25-29(44(7-3)8-4)15-17-33(37)39(34)31-11-9-10-12-32(31)41(48)49/h9-18,23-26H,5-8,19-22H2,1-4H3. The van der Waals surface area contributed by atoms with Gasteiger partial charge in [-0.25, -0.2) is 9.37 Å². The highest BCUT2D eigenvalue weighted by Gasteiger charge is 2.28. The zero-order valence-electron chi connectivity index (χ0n) is 30.0. The van der Waals surface area contributed by atoms with E-state index < -0.39 is 11.6 Å². The van der Waals surface area contributed by atoms with Crippen molar-refractivity contribution >= 4 is 45.2 Å². The Morgan fingerprint density at radius 2 is 1.38 bits per heavy atom. The number of piperazine rings is 1. The number of amides is 1. The van der Waals surface area contributed by atoms with Crippen LogP contribution in [-0.2, 0) is 0 Å². The molecule has 0 unspecified atom stereocenters. The third-order valence-corrected chi connectivity index (χ3v) is 10.2.